The van der Waals surface area contributed by atoms with Crippen molar-refractivity contribution >= 4 is 30.5 Å². The topological polar surface area (TPSA) is 95.0 Å². The molecule has 0 N–H and O–H groups in total. The van der Waals surface area contributed by atoms with Gasteiger partial charge in [0.25, 0.3) is 0 Å². The Morgan fingerprint density at radius 1 is 1.00 bits per heavy atom. The number of methoxy groups -OCH3 is 1. The predicted octanol–water partition coefficient (Wildman–Crippen LogP) is 4.01. The first-order chi connectivity index (χ1) is 12.0. The Morgan fingerprint density at radius 3 is 1.78 bits per heavy atom. The van der Waals surface area contributed by atoms with Crippen LogP contribution >= 0.6 is 7.14 Å². The maximum Gasteiger partial charge on any atom is 0.425 e. The van der Waals surface area contributed by atoms with E-state index in [-0.39, 0.29) is 11.6 Å². The Labute approximate surface area is 160 Å². The first kappa shape index (κ1) is 23.0. The molecule has 0 radical (unpaired) electrons. The third kappa shape index (κ3) is 6.86. The highest BCUT2D eigenvalue weighted by Crippen LogP contribution is 2.37. The molecular weight excluding hydrogens is 371 g/mol. The van der Waals surface area contributed by atoms with Gasteiger partial charge in [0, 0.05) is 11.5 Å². The van der Waals surface area contributed by atoms with Gasteiger partial charge in [0.15, 0.2) is 11.6 Å². The molecule has 0 atom stereocenters. The van der Waals surface area contributed by atoms with Crippen molar-refractivity contribution in [1.82, 2.24) is 4.98 Å². The Balaban J connectivity index is 3.48. The summed E-state index contributed by atoms with van der Waals surface area (Å²) in [5, 5.41) is 0.455. The number of hydrogen-bond donors (Lipinski definition) is 0. The maximum absolute atomic E-state index is 12.7. The number of hydrogen-bond acceptors (Lipinski definition) is 7. The van der Waals surface area contributed by atoms with E-state index in [4.69, 9.17) is 14.2 Å². The van der Waals surface area contributed by atoms with Crippen LogP contribution in [-0.4, -0.2) is 48.8 Å². The van der Waals surface area contributed by atoms with Crippen LogP contribution in [0.1, 0.15) is 41.5 Å². The summed E-state index contributed by atoms with van der Waals surface area (Å²) >= 11 is 0. The zero-order valence-electron chi connectivity index (χ0n) is 17.4. The van der Waals surface area contributed by atoms with E-state index in [1.807, 2.05) is 0 Å². The third-order valence-electron chi connectivity index (χ3n) is 3.02. The SMILES string of the molecule is COc1cc(P(C)(C)=O)cnc1N(C(=O)OC(C)(C)C)C(=O)OC(C)(C)C. The van der Waals surface area contributed by atoms with Crippen molar-refractivity contribution in [3.8, 4) is 5.75 Å². The monoisotopic (exact) mass is 400 g/mol. The lowest BCUT2D eigenvalue weighted by atomic mass is 10.2. The molecule has 0 saturated heterocycles. The van der Waals surface area contributed by atoms with Crippen LogP contribution in [0.25, 0.3) is 0 Å². The summed E-state index contributed by atoms with van der Waals surface area (Å²) in [5.41, 5.74) is -1.68. The fourth-order valence-electron chi connectivity index (χ4n) is 1.90. The lowest BCUT2D eigenvalue weighted by Crippen LogP contribution is -2.44. The van der Waals surface area contributed by atoms with Crippen LogP contribution in [0.4, 0.5) is 15.4 Å². The fraction of sp³-hybridized carbons (Fsp3) is 0.611. The van der Waals surface area contributed by atoms with Gasteiger partial charge in [0.2, 0.25) is 0 Å². The van der Waals surface area contributed by atoms with E-state index in [9.17, 15) is 14.2 Å². The minimum absolute atomic E-state index is 0.0989. The number of ether oxygens (including phenoxy) is 3. The molecule has 0 fully saturated rings. The summed E-state index contributed by atoms with van der Waals surface area (Å²) < 4.78 is 28.2. The van der Waals surface area contributed by atoms with Crippen LogP contribution in [0.5, 0.6) is 5.75 Å². The van der Waals surface area contributed by atoms with Crippen LogP contribution in [-0.2, 0) is 14.0 Å². The molecule has 0 unspecified atom stereocenters. The van der Waals surface area contributed by atoms with Crippen molar-refractivity contribution in [3.05, 3.63) is 12.3 Å². The van der Waals surface area contributed by atoms with Gasteiger partial charge in [-0.15, -0.1) is 0 Å². The van der Waals surface area contributed by atoms with E-state index in [1.54, 1.807) is 54.9 Å². The minimum atomic E-state index is -2.62. The van der Waals surface area contributed by atoms with Crippen LogP contribution in [0, 0.1) is 0 Å². The quantitative estimate of drug-likeness (QED) is 0.707. The molecule has 1 aromatic heterocycles. The molecule has 0 aliphatic carbocycles. The van der Waals surface area contributed by atoms with Gasteiger partial charge >= 0.3 is 12.2 Å². The maximum atomic E-state index is 12.7. The standard InChI is InChI=1S/C18H29N2O6P/c1-17(2,3)25-15(21)20(16(22)26-18(4,5)6)14-13(24-7)10-12(11-19-14)27(8,9)23/h10-11H,1-9H3. The minimum Gasteiger partial charge on any atom is -0.493 e. The van der Waals surface area contributed by atoms with E-state index in [0.29, 0.717) is 10.2 Å². The molecule has 8 nitrogen and oxygen atoms in total. The molecule has 1 aromatic rings. The summed E-state index contributed by atoms with van der Waals surface area (Å²) in [4.78, 5) is 30.2. The highest BCUT2D eigenvalue weighted by molar-refractivity contribution is 7.70. The van der Waals surface area contributed by atoms with Crippen molar-refractivity contribution in [3.63, 3.8) is 0 Å². The number of amides is 2. The lowest BCUT2D eigenvalue weighted by Gasteiger charge is -2.28. The van der Waals surface area contributed by atoms with E-state index >= 15 is 0 Å². The number of carbonyl (C=O) groups is 2. The van der Waals surface area contributed by atoms with Crippen LogP contribution < -0.4 is 14.9 Å². The largest absolute Gasteiger partial charge is 0.493 e. The first-order valence-electron chi connectivity index (χ1n) is 8.41. The Morgan fingerprint density at radius 2 is 1.44 bits per heavy atom. The molecule has 0 aromatic carbocycles. The van der Waals surface area contributed by atoms with Gasteiger partial charge < -0.3 is 18.8 Å². The number of carbonyl (C=O) groups excluding carboxylic acids is 2. The average molecular weight is 400 g/mol. The zero-order chi connectivity index (χ0) is 21.2. The van der Waals surface area contributed by atoms with Gasteiger partial charge in [-0.1, -0.05) is 0 Å². The number of imide groups is 1. The molecule has 2 amide bonds. The summed E-state index contributed by atoms with van der Waals surface area (Å²) in [6.45, 7) is 13.2. The van der Waals surface area contributed by atoms with E-state index in [2.05, 4.69) is 4.98 Å². The highest BCUT2D eigenvalue weighted by atomic mass is 31.2. The summed E-state index contributed by atoms with van der Waals surface area (Å²) in [7, 11) is -1.25. The fourth-order valence-corrected chi connectivity index (χ4v) is 2.67. The number of pyridine rings is 1. The second kappa shape index (κ2) is 7.89. The molecule has 1 heterocycles. The second-order valence-electron chi connectivity index (χ2n) is 8.37. The van der Waals surface area contributed by atoms with Crippen molar-refractivity contribution in [2.45, 2.75) is 52.7 Å². The molecule has 0 aliphatic heterocycles. The molecule has 9 heteroatoms. The van der Waals surface area contributed by atoms with Crippen molar-refractivity contribution in [1.29, 1.82) is 0 Å². The van der Waals surface area contributed by atoms with Gasteiger partial charge in [-0.25, -0.2) is 14.6 Å². The van der Waals surface area contributed by atoms with Crippen molar-refractivity contribution in [2.75, 3.05) is 25.3 Å². The lowest BCUT2D eigenvalue weighted by molar-refractivity contribution is 0.0427. The van der Waals surface area contributed by atoms with Gasteiger partial charge in [0.05, 0.1) is 7.11 Å². The van der Waals surface area contributed by atoms with Crippen molar-refractivity contribution < 1.29 is 28.4 Å². The van der Waals surface area contributed by atoms with Gasteiger partial charge in [-0.3, -0.25) is 0 Å². The average Bonchev–Trinajstić information content (AvgIpc) is 2.42. The number of nitrogens with zero attached hydrogens (tertiary/aromatic N) is 2. The van der Waals surface area contributed by atoms with Gasteiger partial charge in [0.1, 0.15) is 18.3 Å². The molecular formula is C18H29N2O6P. The Kier molecular flexibility index (Phi) is 6.71. The van der Waals surface area contributed by atoms with E-state index in [0.717, 1.165) is 0 Å². The van der Waals surface area contributed by atoms with Crippen LogP contribution in [0.2, 0.25) is 0 Å². The zero-order valence-corrected chi connectivity index (χ0v) is 18.3. The molecule has 152 valence electrons. The Bertz CT molecular complexity index is 730. The molecule has 1 rings (SSSR count). The summed E-state index contributed by atoms with van der Waals surface area (Å²) in [6.07, 6.45) is -0.557. The molecule has 27 heavy (non-hydrogen) atoms. The predicted molar refractivity (Wildman–Crippen MR) is 105 cm³/mol. The molecule has 0 bridgehead atoms. The second-order valence-corrected chi connectivity index (χ2v) is 11.6. The van der Waals surface area contributed by atoms with Crippen LogP contribution in [0.3, 0.4) is 0 Å². The van der Waals surface area contributed by atoms with E-state index in [1.165, 1.54) is 19.4 Å². The number of aromatic nitrogens is 1. The van der Waals surface area contributed by atoms with E-state index < -0.39 is 30.5 Å². The normalized spacial score (nSPS) is 12.3. The molecule has 0 spiro atoms. The third-order valence-corrected chi connectivity index (χ3v) is 4.51. The molecule has 0 aliphatic rings. The Hall–Kier alpha value is -2.08. The first-order valence-corrected chi connectivity index (χ1v) is 11.0. The highest BCUT2D eigenvalue weighted by Gasteiger charge is 2.35. The number of rotatable bonds is 3. The molecule has 0 saturated carbocycles. The van der Waals surface area contributed by atoms with Gasteiger partial charge in [-0.2, -0.15) is 4.90 Å². The number of anilines is 1. The van der Waals surface area contributed by atoms with Gasteiger partial charge in [-0.05, 0) is 60.9 Å². The smallest absolute Gasteiger partial charge is 0.425 e. The summed E-state index contributed by atoms with van der Waals surface area (Å²) in [6, 6.07) is 1.49. The summed E-state index contributed by atoms with van der Waals surface area (Å²) in [5.74, 6) is 0.00587. The van der Waals surface area contributed by atoms with Crippen molar-refractivity contribution in [2.24, 2.45) is 0 Å². The van der Waals surface area contributed by atoms with Crippen LogP contribution in [0.15, 0.2) is 12.3 Å².